The molecule has 2 heterocycles. The third-order valence-electron chi connectivity index (χ3n) is 3.24. The third kappa shape index (κ3) is 2.21. The molecule has 0 aliphatic heterocycles. The number of hydrogen-bond acceptors (Lipinski definition) is 4. The van der Waals surface area contributed by atoms with E-state index in [0.29, 0.717) is 11.6 Å². The topological polar surface area (TPSA) is 55.2 Å². The zero-order chi connectivity index (χ0) is 13.9. The van der Waals surface area contributed by atoms with Crippen molar-refractivity contribution in [3.63, 3.8) is 0 Å². The molecule has 20 heavy (non-hydrogen) atoms. The summed E-state index contributed by atoms with van der Waals surface area (Å²) in [4.78, 5) is 8.38. The van der Waals surface area contributed by atoms with Crippen molar-refractivity contribution in [2.45, 2.75) is 6.10 Å². The van der Waals surface area contributed by atoms with Crippen LogP contribution >= 0.6 is 0 Å². The van der Waals surface area contributed by atoms with Gasteiger partial charge in [0, 0.05) is 23.8 Å². The van der Waals surface area contributed by atoms with E-state index in [4.69, 9.17) is 4.74 Å². The van der Waals surface area contributed by atoms with Crippen LogP contribution in [0, 0.1) is 0 Å². The summed E-state index contributed by atoms with van der Waals surface area (Å²) in [6.45, 7) is 0. The summed E-state index contributed by atoms with van der Waals surface area (Å²) in [6, 6.07) is 13.0. The number of benzene rings is 1. The monoisotopic (exact) mass is 266 g/mol. The second-order valence-corrected chi connectivity index (χ2v) is 4.45. The molecule has 3 aromatic rings. The maximum absolute atomic E-state index is 10.6. The molecule has 4 nitrogen and oxygen atoms in total. The molecule has 4 heteroatoms. The summed E-state index contributed by atoms with van der Waals surface area (Å²) in [7, 11) is 1.56. The molecule has 0 radical (unpaired) electrons. The Kier molecular flexibility index (Phi) is 3.31. The second-order valence-electron chi connectivity index (χ2n) is 4.45. The molecule has 0 saturated heterocycles. The van der Waals surface area contributed by atoms with Gasteiger partial charge in [0.05, 0.1) is 12.8 Å². The largest absolute Gasteiger partial charge is 0.481 e. The maximum Gasteiger partial charge on any atom is 0.213 e. The molecular weight excluding hydrogens is 252 g/mol. The molecule has 1 N–H and O–H groups in total. The summed E-state index contributed by atoms with van der Waals surface area (Å²) >= 11 is 0. The predicted molar refractivity (Wildman–Crippen MR) is 76.6 cm³/mol. The summed E-state index contributed by atoms with van der Waals surface area (Å²) in [6.07, 6.45) is 2.71. The SMILES string of the molecule is COc1cccc(C(O)c2cccc3cnccc23)n1. The van der Waals surface area contributed by atoms with E-state index in [-0.39, 0.29) is 0 Å². The summed E-state index contributed by atoms with van der Waals surface area (Å²) < 4.78 is 5.10. The number of aromatic nitrogens is 2. The Morgan fingerprint density at radius 3 is 2.80 bits per heavy atom. The predicted octanol–water partition coefficient (Wildman–Crippen LogP) is 2.72. The van der Waals surface area contributed by atoms with Gasteiger partial charge in [-0.1, -0.05) is 24.3 Å². The van der Waals surface area contributed by atoms with Crippen LogP contribution in [-0.4, -0.2) is 22.2 Å². The maximum atomic E-state index is 10.6. The van der Waals surface area contributed by atoms with Gasteiger partial charge in [-0.25, -0.2) is 4.98 Å². The zero-order valence-corrected chi connectivity index (χ0v) is 11.0. The number of rotatable bonds is 3. The van der Waals surface area contributed by atoms with E-state index in [0.717, 1.165) is 16.3 Å². The Balaban J connectivity index is 2.10. The van der Waals surface area contributed by atoms with E-state index in [1.807, 2.05) is 30.3 Å². The van der Waals surface area contributed by atoms with Gasteiger partial charge in [-0.15, -0.1) is 0 Å². The van der Waals surface area contributed by atoms with Gasteiger partial charge in [0.2, 0.25) is 5.88 Å². The lowest BCUT2D eigenvalue weighted by molar-refractivity contribution is 0.215. The van der Waals surface area contributed by atoms with E-state index in [2.05, 4.69) is 9.97 Å². The molecule has 2 aromatic heterocycles. The highest BCUT2D eigenvalue weighted by Crippen LogP contribution is 2.28. The van der Waals surface area contributed by atoms with Gasteiger partial charge in [0.25, 0.3) is 0 Å². The lowest BCUT2D eigenvalue weighted by Gasteiger charge is -2.13. The molecular formula is C16H14N2O2. The van der Waals surface area contributed by atoms with Crippen molar-refractivity contribution in [1.29, 1.82) is 0 Å². The van der Waals surface area contributed by atoms with Gasteiger partial charge in [-0.05, 0) is 23.1 Å². The normalized spacial score (nSPS) is 12.3. The molecule has 100 valence electrons. The average molecular weight is 266 g/mol. The minimum absolute atomic E-state index is 0.489. The lowest BCUT2D eigenvalue weighted by Crippen LogP contribution is -2.04. The minimum atomic E-state index is -0.795. The van der Waals surface area contributed by atoms with Crippen LogP contribution in [-0.2, 0) is 0 Å². The molecule has 0 saturated carbocycles. The van der Waals surface area contributed by atoms with E-state index in [1.165, 1.54) is 0 Å². The van der Waals surface area contributed by atoms with Gasteiger partial charge in [0.15, 0.2) is 0 Å². The molecule has 0 spiro atoms. The Hall–Kier alpha value is -2.46. The fourth-order valence-corrected chi connectivity index (χ4v) is 2.24. The average Bonchev–Trinajstić information content (AvgIpc) is 2.53. The smallest absolute Gasteiger partial charge is 0.213 e. The molecule has 0 amide bonds. The van der Waals surface area contributed by atoms with Gasteiger partial charge in [-0.2, -0.15) is 0 Å². The Bertz CT molecular complexity index is 738. The highest BCUT2D eigenvalue weighted by molar-refractivity contribution is 5.85. The summed E-state index contributed by atoms with van der Waals surface area (Å²) in [5, 5.41) is 12.5. The van der Waals surface area contributed by atoms with Crippen molar-refractivity contribution < 1.29 is 9.84 Å². The first kappa shape index (κ1) is 12.6. The van der Waals surface area contributed by atoms with Crippen molar-refractivity contribution >= 4 is 10.8 Å². The van der Waals surface area contributed by atoms with E-state index >= 15 is 0 Å². The van der Waals surface area contributed by atoms with Crippen LogP contribution < -0.4 is 4.74 Å². The van der Waals surface area contributed by atoms with Gasteiger partial charge in [-0.3, -0.25) is 4.98 Å². The number of pyridine rings is 2. The zero-order valence-electron chi connectivity index (χ0n) is 11.0. The lowest BCUT2D eigenvalue weighted by atomic mass is 10.00. The highest BCUT2D eigenvalue weighted by atomic mass is 16.5. The standard InChI is InChI=1S/C16H14N2O2/c1-20-15-7-3-6-14(18-15)16(19)13-5-2-4-11-10-17-9-8-12(11)13/h2-10,16,19H,1H3. The number of fused-ring (bicyclic) bond motifs is 1. The number of nitrogens with zero attached hydrogens (tertiary/aromatic N) is 2. The summed E-state index contributed by atoms with van der Waals surface area (Å²) in [5.74, 6) is 0.489. The Morgan fingerprint density at radius 1 is 1.10 bits per heavy atom. The van der Waals surface area contributed by atoms with Crippen LogP contribution in [0.4, 0.5) is 0 Å². The molecule has 3 rings (SSSR count). The number of ether oxygens (including phenoxy) is 1. The van der Waals surface area contributed by atoms with Crippen molar-refractivity contribution in [3.8, 4) is 5.88 Å². The van der Waals surface area contributed by atoms with Crippen molar-refractivity contribution in [3.05, 3.63) is 66.1 Å². The molecule has 0 bridgehead atoms. The van der Waals surface area contributed by atoms with E-state index < -0.39 is 6.10 Å². The number of aliphatic hydroxyl groups is 1. The van der Waals surface area contributed by atoms with Crippen molar-refractivity contribution in [1.82, 2.24) is 9.97 Å². The number of hydrogen-bond donors (Lipinski definition) is 1. The van der Waals surface area contributed by atoms with E-state index in [1.54, 1.807) is 31.6 Å². The molecule has 0 aliphatic rings. The van der Waals surface area contributed by atoms with Crippen LogP contribution in [0.1, 0.15) is 17.4 Å². The molecule has 0 aliphatic carbocycles. The van der Waals surface area contributed by atoms with Gasteiger partial charge in [0.1, 0.15) is 6.10 Å². The quantitative estimate of drug-likeness (QED) is 0.792. The van der Waals surface area contributed by atoms with Crippen LogP contribution in [0.3, 0.4) is 0 Å². The number of methoxy groups -OCH3 is 1. The van der Waals surface area contributed by atoms with Gasteiger partial charge >= 0.3 is 0 Å². The fraction of sp³-hybridized carbons (Fsp3) is 0.125. The molecule has 0 fully saturated rings. The molecule has 1 unspecified atom stereocenters. The molecule has 1 aromatic carbocycles. The minimum Gasteiger partial charge on any atom is -0.481 e. The second kappa shape index (κ2) is 5.27. The van der Waals surface area contributed by atoms with Crippen LogP contribution in [0.5, 0.6) is 5.88 Å². The van der Waals surface area contributed by atoms with Crippen LogP contribution in [0.15, 0.2) is 54.9 Å². The first-order chi connectivity index (χ1) is 9.79. The number of aliphatic hydroxyl groups excluding tert-OH is 1. The van der Waals surface area contributed by atoms with Crippen LogP contribution in [0.2, 0.25) is 0 Å². The molecule has 1 atom stereocenters. The Morgan fingerprint density at radius 2 is 1.95 bits per heavy atom. The summed E-state index contributed by atoms with van der Waals surface area (Å²) in [5.41, 5.74) is 1.37. The van der Waals surface area contributed by atoms with Crippen molar-refractivity contribution in [2.75, 3.05) is 7.11 Å². The highest BCUT2D eigenvalue weighted by Gasteiger charge is 2.15. The fourth-order valence-electron chi connectivity index (χ4n) is 2.24. The third-order valence-corrected chi connectivity index (χ3v) is 3.24. The van der Waals surface area contributed by atoms with Crippen molar-refractivity contribution in [2.24, 2.45) is 0 Å². The first-order valence-corrected chi connectivity index (χ1v) is 6.31. The first-order valence-electron chi connectivity index (χ1n) is 6.31. The van der Waals surface area contributed by atoms with Gasteiger partial charge < -0.3 is 9.84 Å². The van der Waals surface area contributed by atoms with Crippen LogP contribution in [0.25, 0.3) is 10.8 Å². The van der Waals surface area contributed by atoms with E-state index in [9.17, 15) is 5.11 Å². The Labute approximate surface area is 116 Å².